The van der Waals surface area contributed by atoms with Crippen molar-refractivity contribution in [3.63, 3.8) is 0 Å². The van der Waals surface area contributed by atoms with Crippen molar-refractivity contribution in [3.05, 3.63) is 35.9 Å². The Morgan fingerprint density at radius 3 is 2.36 bits per heavy atom. The number of rotatable bonds is 8. The fourth-order valence-electron chi connectivity index (χ4n) is 2.03. The van der Waals surface area contributed by atoms with E-state index in [1.54, 1.807) is 0 Å². The maximum Gasteiger partial charge on any atom is 0.233 e. The molecule has 1 amide bonds. The second-order valence-corrected chi connectivity index (χ2v) is 7.83. The lowest BCUT2D eigenvalue weighted by molar-refractivity contribution is -0.122. The van der Waals surface area contributed by atoms with Gasteiger partial charge in [0, 0.05) is 11.3 Å². The molecular formula is C18H29NO2S. The molecule has 0 aliphatic heterocycles. The van der Waals surface area contributed by atoms with Gasteiger partial charge in [-0.25, -0.2) is 0 Å². The van der Waals surface area contributed by atoms with Gasteiger partial charge < -0.3 is 10.4 Å². The molecule has 0 saturated carbocycles. The predicted molar refractivity (Wildman–Crippen MR) is 95.0 cm³/mol. The summed E-state index contributed by atoms with van der Waals surface area (Å²) in [5.74, 6) is 0.806. The summed E-state index contributed by atoms with van der Waals surface area (Å²) in [4.78, 5) is 12.5. The van der Waals surface area contributed by atoms with Gasteiger partial charge in [0.1, 0.15) is 0 Å². The van der Waals surface area contributed by atoms with E-state index >= 15 is 0 Å². The van der Waals surface area contributed by atoms with Crippen LogP contribution in [-0.4, -0.2) is 27.6 Å². The van der Waals surface area contributed by atoms with Gasteiger partial charge in [-0.1, -0.05) is 51.1 Å². The quantitative estimate of drug-likeness (QED) is 0.765. The minimum absolute atomic E-state index is 0.0621. The van der Waals surface area contributed by atoms with Crippen LogP contribution < -0.4 is 5.32 Å². The molecule has 0 spiro atoms. The molecule has 0 aromatic heterocycles. The van der Waals surface area contributed by atoms with Gasteiger partial charge in [0.15, 0.2) is 0 Å². The molecule has 22 heavy (non-hydrogen) atoms. The number of hydrogen-bond acceptors (Lipinski definition) is 3. The van der Waals surface area contributed by atoms with Crippen LogP contribution in [0.1, 0.15) is 52.7 Å². The molecule has 3 nitrogen and oxygen atoms in total. The topological polar surface area (TPSA) is 49.3 Å². The Morgan fingerprint density at radius 2 is 1.86 bits per heavy atom. The Morgan fingerprint density at radius 1 is 1.27 bits per heavy atom. The van der Waals surface area contributed by atoms with Crippen LogP contribution >= 0.6 is 11.8 Å². The van der Waals surface area contributed by atoms with Crippen LogP contribution in [0, 0.1) is 5.92 Å². The number of aliphatic hydroxyl groups excluding tert-OH is 1. The van der Waals surface area contributed by atoms with Crippen LogP contribution in [0.15, 0.2) is 30.3 Å². The summed E-state index contributed by atoms with van der Waals surface area (Å²) in [7, 11) is 0. The highest BCUT2D eigenvalue weighted by Gasteiger charge is 2.28. The Kier molecular flexibility index (Phi) is 7.43. The molecule has 1 rings (SSSR count). The van der Waals surface area contributed by atoms with Gasteiger partial charge in [-0.05, 0) is 31.7 Å². The minimum Gasteiger partial charge on any atom is -0.388 e. The summed E-state index contributed by atoms with van der Waals surface area (Å²) in [5, 5.41) is 13.2. The van der Waals surface area contributed by atoms with Crippen molar-refractivity contribution in [1.82, 2.24) is 5.32 Å². The first-order valence-electron chi connectivity index (χ1n) is 7.93. The van der Waals surface area contributed by atoms with Crippen LogP contribution in [0.3, 0.4) is 0 Å². The van der Waals surface area contributed by atoms with Gasteiger partial charge >= 0.3 is 0 Å². The SMILES string of the molecule is CCC(C)(C)NC(=O)C(SCC(O)c1ccccc1)C(C)C. The highest BCUT2D eigenvalue weighted by atomic mass is 32.2. The average Bonchev–Trinajstić information content (AvgIpc) is 2.47. The molecule has 0 heterocycles. The molecule has 4 heteroatoms. The molecule has 2 N–H and O–H groups in total. The number of amides is 1. The lowest BCUT2D eigenvalue weighted by Crippen LogP contribution is -2.48. The molecule has 0 bridgehead atoms. The molecule has 0 aliphatic rings. The minimum atomic E-state index is -0.542. The average molecular weight is 324 g/mol. The molecular weight excluding hydrogens is 294 g/mol. The largest absolute Gasteiger partial charge is 0.388 e. The first kappa shape index (κ1) is 19.0. The highest BCUT2D eigenvalue weighted by Crippen LogP contribution is 2.26. The summed E-state index contributed by atoms with van der Waals surface area (Å²) in [5.41, 5.74) is 0.704. The molecule has 1 aromatic rings. The number of hydrogen-bond donors (Lipinski definition) is 2. The maximum atomic E-state index is 12.5. The number of nitrogens with one attached hydrogen (secondary N) is 1. The zero-order valence-corrected chi connectivity index (χ0v) is 15.1. The fraction of sp³-hybridized carbons (Fsp3) is 0.611. The van der Waals surface area contributed by atoms with Crippen molar-refractivity contribution in [2.24, 2.45) is 5.92 Å². The monoisotopic (exact) mass is 323 g/mol. The standard InChI is InChI=1S/C18H29NO2S/c1-6-18(4,5)19-17(21)16(13(2)3)22-12-15(20)14-10-8-7-9-11-14/h7-11,13,15-16,20H,6,12H2,1-5H3,(H,19,21). The number of benzene rings is 1. The fourth-order valence-corrected chi connectivity index (χ4v) is 3.21. The molecule has 2 atom stereocenters. The van der Waals surface area contributed by atoms with Crippen LogP contribution in [0.4, 0.5) is 0 Å². The Bertz CT molecular complexity index is 459. The van der Waals surface area contributed by atoms with Gasteiger partial charge in [0.25, 0.3) is 0 Å². The summed E-state index contributed by atoms with van der Waals surface area (Å²) in [6.07, 6.45) is 0.348. The molecule has 124 valence electrons. The molecule has 0 aliphatic carbocycles. The van der Waals surface area contributed by atoms with Gasteiger partial charge in [-0.2, -0.15) is 0 Å². The molecule has 1 aromatic carbocycles. The van der Waals surface area contributed by atoms with Crippen LogP contribution in [0.25, 0.3) is 0 Å². The Labute approximate surface area is 138 Å². The van der Waals surface area contributed by atoms with Crippen molar-refractivity contribution < 1.29 is 9.90 Å². The van der Waals surface area contributed by atoms with Crippen molar-refractivity contribution in [2.45, 2.75) is 57.9 Å². The van der Waals surface area contributed by atoms with Crippen molar-refractivity contribution in [1.29, 1.82) is 0 Å². The number of carbonyl (C=O) groups excluding carboxylic acids is 1. The molecule has 0 saturated heterocycles. The molecule has 0 radical (unpaired) electrons. The van der Waals surface area contributed by atoms with Gasteiger partial charge in [-0.15, -0.1) is 11.8 Å². The van der Waals surface area contributed by atoms with Crippen molar-refractivity contribution in [3.8, 4) is 0 Å². The summed E-state index contributed by atoms with van der Waals surface area (Å²) < 4.78 is 0. The van der Waals surface area contributed by atoms with E-state index in [1.807, 2.05) is 58.0 Å². The van der Waals surface area contributed by atoms with E-state index in [4.69, 9.17) is 0 Å². The van der Waals surface area contributed by atoms with Crippen LogP contribution in [0.5, 0.6) is 0 Å². The van der Waals surface area contributed by atoms with E-state index in [-0.39, 0.29) is 22.6 Å². The first-order chi connectivity index (χ1) is 10.3. The van der Waals surface area contributed by atoms with Crippen LogP contribution in [-0.2, 0) is 4.79 Å². The number of thioether (sulfide) groups is 1. The zero-order chi connectivity index (χ0) is 16.8. The van der Waals surface area contributed by atoms with Gasteiger partial charge in [0.05, 0.1) is 11.4 Å². The number of aliphatic hydroxyl groups is 1. The van der Waals surface area contributed by atoms with E-state index in [0.29, 0.717) is 5.75 Å². The van der Waals surface area contributed by atoms with E-state index in [1.165, 1.54) is 11.8 Å². The van der Waals surface area contributed by atoms with Gasteiger partial charge in [-0.3, -0.25) is 4.79 Å². The maximum absolute atomic E-state index is 12.5. The first-order valence-corrected chi connectivity index (χ1v) is 8.98. The third kappa shape index (κ3) is 6.01. The van der Waals surface area contributed by atoms with E-state index in [2.05, 4.69) is 12.2 Å². The molecule has 2 unspecified atom stereocenters. The highest BCUT2D eigenvalue weighted by molar-refractivity contribution is 8.00. The summed E-state index contributed by atoms with van der Waals surface area (Å²) in [6.45, 7) is 10.2. The second-order valence-electron chi connectivity index (χ2n) is 6.65. The normalized spacial score (nSPS) is 14.7. The van der Waals surface area contributed by atoms with E-state index in [9.17, 15) is 9.90 Å². The Hall–Kier alpha value is -1.00. The predicted octanol–water partition coefficient (Wildman–Crippen LogP) is 3.78. The lowest BCUT2D eigenvalue weighted by atomic mass is 10.0. The third-order valence-corrected chi connectivity index (χ3v) is 5.45. The second kappa shape index (κ2) is 8.59. The van der Waals surface area contributed by atoms with Gasteiger partial charge in [0.2, 0.25) is 5.91 Å². The van der Waals surface area contributed by atoms with Crippen molar-refractivity contribution >= 4 is 17.7 Å². The third-order valence-electron chi connectivity index (χ3n) is 3.83. The zero-order valence-electron chi connectivity index (χ0n) is 14.3. The van der Waals surface area contributed by atoms with Crippen molar-refractivity contribution in [2.75, 3.05) is 5.75 Å². The summed E-state index contributed by atoms with van der Waals surface area (Å²) >= 11 is 1.53. The summed E-state index contributed by atoms with van der Waals surface area (Å²) in [6, 6.07) is 9.59. The molecule has 0 fully saturated rings. The smallest absolute Gasteiger partial charge is 0.233 e. The van der Waals surface area contributed by atoms with E-state index < -0.39 is 6.10 Å². The number of carbonyl (C=O) groups is 1. The van der Waals surface area contributed by atoms with Crippen LogP contribution in [0.2, 0.25) is 0 Å². The van der Waals surface area contributed by atoms with E-state index in [0.717, 1.165) is 12.0 Å². The Balaban J connectivity index is 2.63. The lowest BCUT2D eigenvalue weighted by Gasteiger charge is -2.29.